The first-order valence-electron chi connectivity index (χ1n) is 9.05. The minimum Gasteiger partial charge on any atom is -0.384 e. The van der Waals surface area contributed by atoms with E-state index < -0.39 is 0 Å². The van der Waals surface area contributed by atoms with Crippen LogP contribution in [-0.2, 0) is 9.59 Å². The lowest BCUT2D eigenvalue weighted by Crippen LogP contribution is -2.38. The highest BCUT2D eigenvalue weighted by Gasteiger charge is 2.33. The Hall–Kier alpha value is -2.31. The zero-order chi connectivity index (χ0) is 17.8. The first-order chi connectivity index (χ1) is 12.0. The van der Waals surface area contributed by atoms with Gasteiger partial charge in [-0.2, -0.15) is 0 Å². The molecule has 0 aliphatic carbocycles. The van der Waals surface area contributed by atoms with Crippen LogP contribution in [0.1, 0.15) is 32.6 Å². The molecule has 2 atom stereocenters. The number of aromatic nitrogens is 1. The summed E-state index contributed by atoms with van der Waals surface area (Å²) in [7, 11) is 0. The summed E-state index contributed by atoms with van der Waals surface area (Å²) in [4.78, 5) is 32.1. The maximum atomic E-state index is 12.8. The molecule has 0 bridgehead atoms. The SMILES string of the molecule is CC(=O)N1CC[C@@H](C(=O)N2CCC[C@H](Nc3ccc(N)nc3)CC2)C1. The van der Waals surface area contributed by atoms with E-state index in [9.17, 15) is 9.59 Å². The Labute approximate surface area is 148 Å². The highest BCUT2D eigenvalue weighted by molar-refractivity contribution is 5.81. The van der Waals surface area contributed by atoms with Crippen LogP contribution in [0.25, 0.3) is 0 Å². The predicted octanol–water partition coefficient (Wildman–Crippen LogP) is 1.33. The monoisotopic (exact) mass is 345 g/mol. The maximum absolute atomic E-state index is 12.8. The molecule has 25 heavy (non-hydrogen) atoms. The molecule has 136 valence electrons. The molecule has 3 rings (SSSR count). The molecule has 3 N–H and O–H groups in total. The van der Waals surface area contributed by atoms with Crippen LogP contribution < -0.4 is 11.1 Å². The molecule has 0 saturated carbocycles. The summed E-state index contributed by atoms with van der Waals surface area (Å²) in [5.74, 6) is 0.750. The van der Waals surface area contributed by atoms with Crippen molar-refractivity contribution >= 4 is 23.3 Å². The lowest BCUT2D eigenvalue weighted by Gasteiger charge is -2.24. The van der Waals surface area contributed by atoms with E-state index in [1.165, 1.54) is 0 Å². The van der Waals surface area contributed by atoms with Gasteiger partial charge in [-0.3, -0.25) is 9.59 Å². The number of carbonyl (C=O) groups excluding carboxylic acids is 2. The highest BCUT2D eigenvalue weighted by Crippen LogP contribution is 2.22. The number of nitrogen functional groups attached to an aromatic ring is 1. The van der Waals surface area contributed by atoms with Crippen molar-refractivity contribution in [1.82, 2.24) is 14.8 Å². The topological polar surface area (TPSA) is 91.6 Å². The van der Waals surface area contributed by atoms with Gasteiger partial charge < -0.3 is 20.9 Å². The van der Waals surface area contributed by atoms with E-state index in [0.717, 1.165) is 44.5 Å². The molecule has 2 saturated heterocycles. The summed E-state index contributed by atoms with van der Waals surface area (Å²) in [5.41, 5.74) is 6.58. The molecule has 3 heterocycles. The van der Waals surface area contributed by atoms with Gasteiger partial charge in [0.2, 0.25) is 11.8 Å². The Kier molecular flexibility index (Phi) is 5.40. The van der Waals surface area contributed by atoms with E-state index in [2.05, 4.69) is 10.3 Å². The number of pyridine rings is 1. The van der Waals surface area contributed by atoms with Crippen LogP contribution in [0.3, 0.4) is 0 Å². The molecular weight excluding hydrogens is 318 g/mol. The second kappa shape index (κ2) is 7.72. The second-order valence-electron chi connectivity index (χ2n) is 7.02. The van der Waals surface area contributed by atoms with E-state index in [1.807, 2.05) is 11.0 Å². The Balaban J connectivity index is 1.52. The first-order valence-corrected chi connectivity index (χ1v) is 9.05. The zero-order valence-electron chi connectivity index (χ0n) is 14.8. The lowest BCUT2D eigenvalue weighted by molar-refractivity contribution is -0.135. The van der Waals surface area contributed by atoms with Gasteiger partial charge >= 0.3 is 0 Å². The second-order valence-corrected chi connectivity index (χ2v) is 7.02. The molecule has 7 heteroatoms. The predicted molar refractivity (Wildman–Crippen MR) is 96.9 cm³/mol. The minimum absolute atomic E-state index is 0.0327. The molecule has 2 amide bonds. The molecule has 0 spiro atoms. The number of nitrogens with zero attached hydrogens (tertiary/aromatic N) is 3. The van der Waals surface area contributed by atoms with E-state index in [-0.39, 0.29) is 17.7 Å². The fourth-order valence-electron chi connectivity index (χ4n) is 3.69. The van der Waals surface area contributed by atoms with Gasteiger partial charge in [-0.1, -0.05) is 0 Å². The third kappa shape index (κ3) is 4.41. The average Bonchev–Trinajstić information content (AvgIpc) is 2.98. The standard InChI is InChI=1S/C18H27N5O2/c1-13(24)23-9-6-14(12-23)18(25)22-8-2-3-15(7-10-22)21-16-4-5-17(19)20-11-16/h4-5,11,14-15,21H,2-3,6-10,12H2,1H3,(H2,19,20)/t14-,15+/m1/s1. The van der Waals surface area contributed by atoms with Gasteiger partial charge in [-0.25, -0.2) is 4.98 Å². The summed E-state index contributed by atoms with van der Waals surface area (Å²) in [5, 5.41) is 3.49. The zero-order valence-corrected chi connectivity index (χ0v) is 14.8. The number of anilines is 2. The molecule has 1 aromatic rings. The van der Waals surface area contributed by atoms with Crippen molar-refractivity contribution in [3.05, 3.63) is 18.3 Å². The Bertz CT molecular complexity index is 618. The van der Waals surface area contributed by atoms with Crippen molar-refractivity contribution in [1.29, 1.82) is 0 Å². The summed E-state index contributed by atoms with van der Waals surface area (Å²) < 4.78 is 0. The van der Waals surface area contributed by atoms with Crippen molar-refractivity contribution in [2.75, 3.05) is 37.2 Å². The number of hydrogen-bond donors (Lipinski definition) is 2. The van der Waals surface area contributed by atoms with Crippen LogP contribution in [0, 0.1) is 5.92 Å². The van der Waals surface area contributed by atoms with Gasteiger partial charge in [-0.05, 0) is 37.8 Å². The number of rotatable bonds is 3. The van der Waals surface area contributed by atoms with Crippen molar-refractivity contribution in [3.8, 4) is 0 Å². The largest absolute Gasteiger partial charge is 0.384 e. The molecule has 0 radical (unpaired) electrons. The Morgan fingerprint density at radius 3 is 2.64 bits per heavy atom. The van der Waals surface area contributed by atoms with Crippen molar-refractivity contribution < 1.29 is 9.59 Å². The van der Waals surface area contributed by atoms with Crippen LogP contribution in [0.4, 0.5) is 11.5 Å². The van der Waals surface area contributed by atoms with E-state index in [0.29, 0.717) is 24.9 Å². The highest BCUT2D eigenvalue weighted by atomic mass is 16.2. The van der Waals surface area contributed by atoms with E-state index in [4.69, 9.17) is 5.73 Å². The van der Waals surface area contributed by atoms with Crippen LogP contribution in [0.2, 0.25) is 0 Å². The summed E-state index contributed by atoms with van der Waals surface area (Å²) in [6.45, 7) is 4.40. The van der Waals surface area contributed by atoms with Crippen LogP contribution >= 0.6 is 0 Å². The van der Waals surface area contributed by atoms with Crippen LogP contribution in [0.5, 0.6) is 0 Å². The summed E-state index contributed by atoms with van der Waals surface area (Å²) >= 11 is 0. The molecule has 0 aromatic carbocycles. The fourth-order valence-corrected chi connectivity index (χ4v) is 3.69. The molecule has 2 aliphatic heterocycles. The quantitative estimate of drug-likeness (QED) is 0.862. The number of nitrogens with one attached hydrogen (secondary N) is 1. The molecular formula is C18H27N5O2. The molecule has 2 fully saturated rings. The van der Waals surface area contributed by atoms with Crippen molar-refractivity contribution in [2.45, 2.75) is 38.6 Å². The first kappa shape index (κ1) is 17.5. The van der Waals surface area contributed by atoms with Gasteiger partial charge in [0.05, 0.1) is 17.8 Å². The van der Waals surface area contributed by atoms with Crippen molar-refractivity contribution in [3.63, 3.8) is 0 Å². The van der Waals surface area contributed by atoms with Gasteiger partial charge in [0.25, 0.3) is 0 Å². The Morgan fingerprint density at radius 2 is 1.96 bits per heavy atom. The minimum atomic E-state index is -0.0327. The van der Waals surface area contributed by atoms with E-state index >= 15 is 0 Å². The smallest absolute Gasteiger partial charge is 0.227 e. The maximum Gasteiger partial charge on any atom is 0.227 e. The lowest BCUT2D eigenvalue weighted by atomic mass is 10.1. The number of carbonyl (C=O) groups is 2. The number of hydrogen-bond acceptors (Lipinski definition) is 5. The van der Waals surface area contributed by atoms with Crippen LogP contribution in [0.15, 0.2) is 18.3 Å². The Morgan fingerprint density at radius 1 is 1.16 bits per heavy atom. The van der Waals surface area contributed by atoms with Crippen LogP contribution in [-0.4, -0.2) is 58.8 Å². The van der Waals surface area contributed by atoms with Gasteiger partial charge in [0.1, 0.15) is 5.82 Å². The number of amides is 2. The molecule has 2 aliphatic rings. The van der Waals surface area contributed by atoms with Gasteiger partial charge in [-0.15, -0.1) is 0 Å². The van der Waals surface area contributed by atoms with Gasteiger partial charge in [0.15, 0.2) is 0 Å². The third-order valence-corrected chi connectivity index (χ3v) is 5.18. The van der Waals surface area contributed by atoms with E-state index in [1.54, 1.807) is 24.1 Å². The molecule has 7 nitrogen and oxygen atoms in total. The summed E-state index contributed by atoms with van der Waals surface area (Å²) in [6, 6.07) is 4.06. The average molecular weight is 345 g/mol. The fraction of sp³-hybridized carbons (Fsp3) is 0.611. The normalized spacial score (nSPS) is 24.0. The van der Waals surface area contributed by atoms with Gasteiger partial charge in [0, 0.05) is 39.1 Å². The number of likely N-dealkylation sites (tertiary alicyclic amines) is 2. The van der Waals surface area contributed by atoms with Crippen molar-refractivity contribution in [2.24, 2.45) is 5.92 Å². The summed E-state index contributed by atoms with van der Waals surface area (Å²) in [6.07, 6.45) is 5.46. The molecule has 1 aromatic heterocycles. The molecule has 0 unspecified atom stereocenters. The third-order valence-electron chi connectivity index (χ3n) is 5.18. The number of nitrogens with two attached hydrogens (primary N) is 1.